The van der Waals surface area contributed by atoms with E-state index in [4.69, 9.17) is 4.98 Å². The molecule has 0 spiro atoms. The van der Waals surface area contributed by atoms with E-state index in [1.165, 1.54) is 32.8 Å². The molecule has 0 saturated carbocycles. The maximum absolute atomic E-state index is 5.27. The van der Waals surface area contributed by atoms with Gasteiger partial charge in [-0.1, -0.05) is 93.6 Å². The molecule has 0 saturated heterocycles. The van der Waals surface area contributed by atoms with Gasteiger partial charge in [-0.3, -0.25) is 0 Å². The molecule has 1 aliphatic carbocycles. The Hall–Kier alpha value is -2.93. The summed E-state index contributed by atoms with van der Waals surface area (Å²) in [4.78, 5) is 5.27. The Morgan fingerprint density at radius 1 is 0.815 bits per heavy atom. The van der Waals surface area contributed by atoms with Crippen LogP contribution in [0.25, 0.3) is 39.0 Å². The average Bonchev–Trinajstić information content (AvgIpc) is 2.83. The van der Waals surface area contributed by atoms with Gasteiger partial charge in [0, 0.05) is 22.3 Å². The lowest BCUT2D eigenvalue weighted by Crippen LogP contribution is -2.17. The second-order valence-corrected chi connectivity index (χ2v) is 8.57. The molecule has 1 aromatic heterocycles. The van der Waals surface area contributed by atoms with Gasteiger partial charge in [-0.05, 0) is 28.0 Å². The first-order chi connectivity index (χ1) is 13.0. The first-order valence-corrected chi connectivity index (χ1v) is 9.62. The molecule has 1 atom stereocenters. The summed E-state index contributed by atoms with van der Waals surface area (Å²) in [6.07, 6.45) is 4.63. The number of benzene rings is 3. The van der Waals surface area contributed by atoms with E-state index in [2.05, 4.69) is 99.7 Å². The summed E-state index contributed by atoms with van der Waals surface area (Å²) >= 11 is 0. The number of hydrogen-bond donors (Lipinski definition) is 0. The highest BCUT2D eigenvalue weighted by Crippen LogP contribution is 2.45. The first-order valence-electron chi connectivity index (χ1n) is 9.62. The minimum absolute atomic E-state index is 0.125. The first kappa shape index (κ1) is 16.3. The Morgan fingerprint density at radius 3 is 2.41 bits per heavy atom. The van der Waals surface area contributed by atoms with E-state index >= 15 is 0 Å². The fourth-order valence-electron chi connectivity index (χ4n) is 4.30. The van der Waals surface area contributed by atoms with Crippen molar-refractivity contribution in [3.8, 4) is 11.3 Å². The van der Waals surface area contributed by atoms with E-state index in [9.17, 15) is 0 Å². The van der Waals surface area contributed by atoms with Crippen LogP contribution in [0.3, 0.4) is 0 Å². The Kier molecular flexibility index (Phi) is 3.48. The molecule has 1 aliphatic rings. The van der Waals surface area contributed by atoms with Crippen LogP contribution in [0.5, 0.6) is 0 Å². The van der Waals surface area contributed by atoms with Crippen LogP contribution in [0.15, 0.2) is 72.8 Å². The third kappa shape index (κ3) is 2.57. The maximum Gasteiger partial charge on any atom is 0.0788 e. The summed E-state index contributed by atoms with van der Waals surface area (Å²) in [6.45, 7) is 6.94. The van der Waals surface area contributed by atoms with Gasteiger partial charge in [0.1, 0.15) is 0 Å². The van der Waals surface area contributed by atoms with Crippen molar-refractivity contribution >= 4 is 27.8 Å². The Morgan fingerprint density at radius 2 is 1.56 bits per heavy atom. The molecule has 0 aliphatic heterocycles. The van der Waals surface area contributed by atoms with E-state index in [-0.39, 0.29) is 5.41 Å². The molecule has 132 valence electrons. The molecule has 0 N–H and O–H groups in total. The summed E-state index contributed by atoms with van der Waals surface area (Å²) in [7, 11) is 0. The van der Waals surface area contributed by atoms with Crippen LogP contribution in [0.4, 0.5) is 0 Å². The molecule has 27 heavy (non-hydrogen) atoms. The molecular formula is C26H23N. The molecule has 0 unspecified atom stereocenters. The van der Waals surface area contributed by atoms with Gasteiger partial charge in [0.05, 0.1) is 11.2 Å². The molecule has 1 heteroatoms. The molecule has 1 heterocycles. The Labute approximate surface area is 160 Å². The lowest BCUT2D eigenvalue weighted by molar-refractivity contribution is 0.368. The smallest absolute Gasteiger partial charge is 0.0788 e. The van der Waals surface area contributed by atoms with Crippen LogP contribution in [0, 0.1) is 5.41 Å². The van der Waals surface area contributed by atoms with Crippen LogP contribution in [-0.4, -0.2) is 4.98 Å². The fourth-order valence-corrected chi connectivity index (χ4v) is 4.30. The molecular weight excluding hydrogens is 326 g/mol. The third-order valence-corrected chi connectivity index (χ3v) is 5.69. The monoisotopic (exact) mass is 349 g/mol. The highest BCUT2D eigenvalue weighted by atomic mass is 14.7. The van der Waals surface area contributed by atoms with Crippen LogP contribution in [-0.2, 0) is 0 Å². The van der Waals surface area contributed by atoms with Gasteiger partial charge in [0.25, 0.3) is 0 Å². The normalized spacial score (nSPS) is 16.2. The lowest BCUT2D eigenvalue weighted by Gasteiger charge is -2.29. The maximum atomic E-state index is 5.27. The predicted molar refractivity (Wildman–Crippen MR) is 116 cm³/mol. The molecule has 4 aromatic rings. The molecule has 0 radical (unpaired) electrons. The number of fused-ring (bicyclic) bond motifs is 6. The average molecular weight is 349 g/mol. The van der Waals surface area contributed by atoms with Crippen molar-refractivity contribution < 1.29 is 0 Å². The van der Waals surface area contributed by atoms with Gasteiger partial charge < -0.3 is 0 Å². The minimum Gasteiger partial charge on any atom is -0.247 e. The summed E-state index contributed by atoms with van der Waals surface area (Å²) in [5, 5.41) is 3.68. The van der Waals surface area contributed by atoms with Gasteiger partial charge >= 0.3 is 0 Å². The lowest BCUT2D eigenvalue weighted by atomic mass is 9.75. The molecule has 1 nitrogen and oxygen atoms in total. The summed E-state index contributed by atoms with van der Waals surface area (Å²) in [6, 6.07) is 23.9. The largest absolute Gasteiger partial charge is 0.247 e. The van der Waals surface area contributed by atoms with Crippen molar-refractivity contribution in [2.45, 2.75) is 26.7 Å². The fraction of sp³-hybridized carbons (Fsp3) is 0.192. The van der Waals surface area contributed by atoms with E-state index in [0.29, 0.717) is 5.92 Å². The van der Waals surface area contributed by atoms with E-state index in [0.717, 1.165) is 11.2 Å². The number of aromatic nitrogens is 1. The van der Waals surface area contributed by atoms with Crippen molar-refractivity contribution in [3.63, 3.8) is 0 Å². The number of nitrogens with zero attached hydrogens (tertiary/aromatic N) is 1. The predicted octanol–water partition coefficient (Wildman–Crippen LogP) is 7.21. The Bertz CT molecular complexity index is 1210. The number of rotatable bonds is 0. The highest BCUT2D eigenvalue weighted by molar-refractivity contribution is 6.06. The second-order valence-electron chi connectivity index (χ2n) is 8.57. The zero-order valence-corrected chi connectivity index (χ0v) is 16.0. The third-order valence-electron chi connectivity index (χ3n) is 5.69. The van der Waals surface area contributed by atoms with Crippen LogP contribution in [0.1, 0.15) is 37.8 Å². The quantitative estimate of drug-likeness (QED) is 0.306. The van der Waals surface area contributed by atoms with E-state index in [1.807, 2.05) is 0 Å². The van der Waals surface area contributed by atoms with Gasteiger partial charge in [-0.25, -0.2) is 4.98 Å². The van der Waals surface area contributed by atoms with Gasteiger partial charge in [-0.2, -0.15) is 0 Å². The zero-order valence-electron chi connectivity index (χ0n) is 16.0. The molecule has 3 aromatic carbocycles. The van der Waals surface area contributed by atoms with E-state index in [1.54, 1.807) is 0 Å². The Balaban J connectivity index is 1.92. The highest BCUT2D eigenvalue weighted by Gasteiger charge is 2.29. The van der Waals surface area contributed by atoms with Gasteiger partial charge in [-0.15, -0.1) is 0 Å². The SMILES string of the molecule is CC(C)(C)[C@@H]1C=Cc2ccccc2-c2nc3c(ccc4ccccc43)cc21. The number of hydrogen-bond acceptors (Lipinski definition) is 1. The summed E-state index contributed by atoms with van der Waals surface area (Å²) < 4.78 is 0. The van der Waals surface area contributed by atoms with Crippen LogP contribution >= 0.6 is 0 Å². The summed E-state index contributed by atoms with van der Waals surface area (Å²) in [5.74, 6) is 0.322. The number of pyridine rings is 1. The molecule has 5 rings (SSSR count). The van der Waals surface area contributed by atoms with Crippen molar-refractivity contribution in [1.29, 1.82) is 0 Å². The van der Waals surface area contributed by atoms with E-state index < -0.39 is 0 Å². The van der Waals surface area contributed by atoms with Gasteiger partial charge in [0.15, 0.2) is 0 Å². The minimum atomic E-state index is 0.125. The number of allylic oxidation sites excluding steroid dienone is 1. The van der Waals surface area contributed by atoms with Crippen LogP contribution in [0.2, 0.25) is 0 Å². The topological polar surface area (TPSA) is 12.9 Å². The van der Waals surface area contributed by atoms with Crippen molar-refractivity contribution in [3.05, 3.63) is 83.9 Å². The molecule has 0 bridgehead atoms. The summed E-state index contributed by atoms with van der Waals surface area (Å²) in [5.41, 5.74) is 6.14. The van der Waals surface area contributed by atoms with Crippen LogP contribution < -0.4 is 0 Å². The van der Waals surface area contributed by atoms with Gasteiger partial charge in [0.2, 0.25) is 0 Å². The van der Waals surface area contributed by atoms with Crippen molar-refractivity contribution in [1.82, 2.24) is 4.98 Å². The zero-order chi connectivity index (χ0) is 18.6. The second kappa shape index (κ2) is 5.79. The molecule has 0 amide bonds. The van der Waals surface area contributed by atoms with Crippen molar-refractivity contribution in [2.24, 2.45) is 5.41 Å². The van der Waals surface area contributed by atoms with Crippen molar-refractivity contribution in [2.75, 3.05) is 0 Å². The standard InChI is InChI=1S/C26H23N/c1-26(2,3)23-15-14-18-9-5-7-11-21(18)25-22(23)16-19-13-12-17-8-4-6-10-20(17)24(19)27-25/h4-16,23H,1-3H3/t23-/m1/s1. The molecule has 0 fully saturated rings.